The summed E-state index contributed by atoms with van der Waals surface area (Å²) in [5, 5.41) is 9.70. The van der Waals surface area contributed by atoms with Crippen LogP contribution in [0.2, 0.25) is 0 Å². The van der Waals surface area contributed by atoms with Gasteiger partial charge in [0.2, 0.25) is 0 Å². The van der Waals surface area contributed by atoms with Crippen molar-refractivity contribution in [2.45, 2.75) is 31.3 Å². The zero-order valence-corrected chi connectivity index (χ0v) is 9.00. The van der Waals surface area contributed by atoms with E-state index in [0.717, 1.165) is 23.7 Å². The summed E-state index contributed by atoms with van der Waals surface area (Å²) >= 11 is 3.41. The van der Waals surface area contributed by atoms with E-state index in [9.17, 15) is 5.11 Å². The summed E-state index contributed by atoms with van der Waals surface area (Å²) in [6, 6.07) is 8.29. The van der Waals surface area contributed by atoms with Gasteiger partial charge in [-0.1, -0.05) is 34.5 Å². The fourth-order valence-electron chi connectivity index (χ4n) is 2.04. The third-order valence-corrected chi connectivity index (χ3v) is 3.31. The Hall–Kier alpha value is -0.340. The maximum absolute atomic E-state index is 9.70. The van der Waals surface area contributed by atoms with E-state index in [2.05, 4.69) is 28.1 Å². The molecule has 0 spiro atoms. The topological polar surface area (TPSA) is 20.2 Å². The van der Waals surface area contributed by atoms with Gasteiger partial charge in [-0.3, -0.25) is 0 Å². The summed E-state index contributed by atoms with van der Waals surface area (Å²) in [5.41, 5.74) is 1.27. The number of benzene rings is 1. The monoisotopic (exact) mass is 240 g/mol. The Labute approximate surface area is 86.9 Å². The Bertz CT molecular complexity index is 281. The van der Waals surface area contributed by atoms with Crippen LogP contribution in [0.3, 0.4) is 0 Å². The highest BCUT2D eigenvalue weighted by molar-refractivity contribution is 9.10. The molecule has 0 amide bonds. The van der Waals surface area contributed by atoms with Crippen molar-refractivity contribution >= 4 is 15.9 Å². The van der Waals surface area contributed by atoms with E-state index < -0.39 is 0 Å². The first-order chi connectivity index (χ1) is 6.27. The number of rotatable bonds is 1. The smallest absolute Gasteiger partial charge is 0.0608 e. The van der Waals surface area contributed by atoms with Gasteiger partial charge < -0.3 is 5.11 Å². The summed E-state index contributed by atoms with van der Waals surface area (Å²) in [6.07, 6.45) is 3.12. The SMILES string of the molecule is O[C@@H]1CCCC1c1ccc(Br)cc1. The second-order valence-electron chi connectivity index (χ2n) is 3.66. The molecule has 2 rings (SSSR count). The van der Waals surface area contributed by atoms with Gasteiger partial charge in [-0.2, -0.15) is 0 Å². The maximum atomic E-state index is 9.70. The molecular formula is C11H13BrO. The van der Waals surface area contributed by atoms with Crippen LogP contribution in [0.15, 0.2) is 28.7 Å². The van der Waals surface area contributed by atoms with Crippen LogP contribution in [-0.4, -0.2) is 11.2 Å². The third-order valence-electron chi connectivity index (χ3n) is 2.78. The Balaban J connectivity index is 2.20. The van der Waals surface area contributed by atoms with Gasteiger partial charge in [-0.15, -0.1) is 0 Å². The normalized spacial score (nSPS) is 27.8. The lowest BCUT2D eigenvalue weighted by Gasteiger charge is -2.14. The predicted molar refractivity (Wildman–Crippen MR) is 56.7 cm³/mol. The van der Waals surface area contributed by atoms with Gasteiger partial charge in [0.05, 0.1) is 6.10 Å². The predicted octanol–water partition coefficient (Wildman–Crippen LogP) is 3.08. The lowest BCUT2D eigenvalue weighted by molar-refractivity contribution is 0.164. The molecule has 0 saturated heterocycles. The molecule has 0 radical (unpaired) electrons. The Morgan fingerprint density at radius 2 is 1.85 bits per heavy atom. The van der Waals surface area contributed by atoms with Gasteiger partial charge in [-0.05, 0) is 30.5 Å². The van der Waals surface area contributed by atoms with Crippen molar-refractivity contribution in [1.29, 1.82) is 0 Å². The zero-order valence-electron chi connectivity index (χ0n) is 7.41. The molecule has 1 aliphatic carbocycles. The van der Waals surface area contributed by atoms with Crippen LogP contribution in [0.4, 0.5) is 0 Å². The first-order valence-electron chi connectivity index (χ1n) is 4.71. The minimum absolute atomic E-state index is 0.124. The summed E-state index contributed by atoms with van der Waals surface area (Å²) in [4.78, 5) is 0. The molecule has 70 valence electrons. The molecule has 1 fully saturated rings. The van der Waals surface area contributed by atoms with Crippen molar-refractivity contribution in [3.05, 3.63) is 34.3 Å². The van der Waals surface area contributed by atoms with Crippen molar-refractivity contribution in [2.24, 2.45) is 0 Å². The first-order valence-corrected chi connectivity index (χ1v) is 5.50. The number of halogens is 1. The summed E-state index contributed by atoms with van der Waals surface area (Å²) in [6.45, 7) is 0. The molecule has 1 aromatic carbocycles. The minimum atomic E-state index is -0.124. The molecule has 1 nitrogen and oxygen atoms in total. The van der Waals surface area contributed by atoms with Crippen LogP contribution in [-0.2, 0) is 0 Å². The van der Waals surface area contributed by atoms with Crippen LogP contribution >= 0.6 is 15.9 Å². The largest absolute Gasteiger partial charge is 0.392 e. The molecule has 1 N–H and O–H groups in total. The van der Waals surface area contributed by atoms with E-state index >= 15 is 0 Å². The van der Waals surface area contributed by atoms with Crippen molar-refractivity contribution in [3.63, 3.8) is 0 Å². The summed E-state index contributed by atoms with van der Waals surface area (Å²) in [5.74, 6) is 0.369. The van der Waals surface area contributed by atoms with Gasteiger partial charge >= 0.3 is 0 Å². The highest BCUT2D eigenvalue weighted by atomic mass is 79.9. The molecule has 0 bridgehead atoms. The summed E-state index contributed by atoms with van der Waals surface area (Å²) < 4.78 is 1.10. The van der Waals surface area contributed by atoms with Crippen molar-refractivity contribution in [1.82, 2.24) is 0 Å². The van der Waals surface area contributed by atoms with Gasteiger partial charge in [0, 0.05) is 10.4 Å². The van der Waals surface area contributed by atoms with E-state index in [-0.39, 0.29) is 6.10 Å². The Morgan fingerprint density at radius 1 is 1.15 bits per heavy atom. The van der Waals surface area contributed by atoms with Gasteiger partial charge in [0.15, 0.2) is 0 Å². The second kappa shape index (κ2) is 3.81. The van der Waals surface area contributed by atoms with Gasteiger partial charge in [-0.25, -0.2) is 0 Å². The molecule has 0 aliphatic heterocycles. The van der Waals surface area contributed by atoms with E-state index in [1.165, 1.54) is 5.56 Å². The van der Waals surface area contributed by atoms with E-state index in [1.807, 2.05) is 12.1 Å². The lowest BCUT2D eigenvalue weighted by Crippen LogP contribution is -2.10. The zero-order chi connectivity index (χ0) is 9.26. The quantitative estimate of drug-likeness (QED) is 0.801. The van der Waals surface area contributed by atoms with Crippen LogP contribution in [0.5, 0.6) is 0 Å². The standard InChI is InChI=1S/C11H13BrO/c12-9-6-4-8(5-7-9)10-2-1-3-11(10)13/h4-7,10-11,13H,1-3H2/t10?,11-/m1/s1. The molecule has 2 atom stereocenters. The van der Waals surface area contributed by atoms with Crippen molar-refractivity contribution in [3.8, 4) is 0 Å². The fraction of sp³-hybridized carbons (Fsp3) is 0.455. The molecule has 1 saturated carbocycles. The Morgan fingerprint density at radius 3 is 2.38 bits per heavy atom. The molecule has 1 aromatic rings. The van der Waals surface area contributed by atoms with Gasteiger partial charge in [0.25, 0.3) is 0 Å². The van der Waals surface area contributed by atoms with Crippen molar-refractivity contribution < 1.29 is 5.11 Å². The minimum Gasteiger partial charge on any atom is -0.392 e. The van der Waals surface area contributed by atoms with E-state index in [4.69, 9.17) is 0 Å². The number of hydrogen-bond donors (Lipinski definition) is 1. The average Bonchev–Trinajstić information content (AvgIpc) is 2.53. The molecule has 0 heterocycles. The van der Waals surface area contributed by atoms with Gasteiger partial charge in [0.1, 0.15) is 0 Å². The highest BCUT2D eigenvalue weighted by Crippen LogP contribution is 2.34. The number of hydrogen-bond acceptors (Lipinski definition) is 1. The lowest BCUT2D eigenvalue weighted by atomic mass is 9.96. The van der Waals surface area contributed by atoms with Crippen molar-refractivity contribution in [2.75, 3.05) is 0 Å². The highest BCUT2D eigenvalue weighted by Gasteiger charge is 2.26. The molecule has 0 aromatic heterocycles. The maximum Gasteiger partial charge on any atom is 0.0608 e. The molecule has 2 heteroatoms. The fourth-order valence-corrected chi connectivity index (χ4v) is 2.30. The van der Waals surface area contributed by atoms with Crippen LogP contribution < -0.4 is 0 Å². The number of aliphatic hydroxyl groups excluding tert-OH is 1. The molecule has 13 heavy (non-hydrogen) atoms. The third kappa shape index (κ3) is 1.94. The second-order valence-corrected chi connectivity index (χ2v) is 4.57. The van der Waals surface area contributed by atoms with Crippen LogP contribution in [0.1, 0.15) is 30.7 Å². The van der Waals surface area contributed by atoms with Crippen LogP contribution in [0, 0.1) is 0 Å². The molecular weight excluding hydrogens is 228 g/mol. The first kappa shape index (κ1) is 9.22. The van der Waals surface area contributed by atoms with Crippen LogP contribution in [0.25, 0.3) is 0 Å². The van der Waals surface area contributed by atoms with E-state index in [1.54, 1.807) is 0 Å². The Kier molecular flexibility index (Phi) is 2.70. The summed E-state index contributed by atoms with van der Waals surface area (Å²) in [7, 11) is 0. The van der Waals surface area contributed by atoms with E-state index in [0.29, 0.717) is 5.92 Å². The molecule has 1 aliphatic rings. The number of aliphatic hydroxyl groups is 1. The average molecular weight is 241 g/mol. The molecule has 1 unspecified atom stereocenters.